The van der Waals surface area contributed by atoms with Crippen molar-refractivity contribution in [2.45, 2.75) is 210 Å². The fourth-order valence-electron chi connectivity index (χ4n) is 11.6. The summed E-state index contributed by atoms with van der Waals surface area (Å²) in [6, 6.07) is 17.9. The molecule has 3 aromatic rings. The molecule has 0 saturated carbocycles. The monoisotopic (exact) mass is 1030 g/mol. The standard InChI is InChI=1S/C54H100Si10/c1-38-39(2)41(4)51(40(38)3)64(42-32-45(55(5,6)7)52(61(23,24)25)46(33-42)56(8,9)10,43-34-47(57(11,12)13)53(62(26,27)28)48(35-43)58(14,15)16)44-36-49(59(17,18)19)54(63(29,30)31)50(37-44)60(20,21)22/h32-37,51H,1-31H3. The van der Waals surface area contributed by atoms with E-state index in [0.29, 0.717) is 5.54 Å². The summed E-state index contributed by atoms with van der Waals surface area (Å²) in [5.74, 6) is 0. The van der Waals surface area contributed by atoms with Crippen molar-refractivity contribution in [2.24, 2.45) is 0 Å². The third-order valence-corrected chi connectivity index (χ3v) is 39.9. The van der Waals surface area contributed by atoms with E-state index in [4.69, 9.17) is 0 Å². The maximum absolute atomic E-state index is 3.04. The third kappa shape index (κ3) is 10.6. The summed E-state index contributed by atoms with van der Waals surface area (Å²) in [7, 11) is -19.4. The Hall–Kier alpha value is -0.691. The van der Waals surface area contributed by atoms with Crippen LogP contribution in [0.4, 0.5) is 0 Å². The van der Waals surface area contributed by atoms with Crippen LogP contribution in [0.25, 0.3) is 0 Å². The molecule has 0 nitrogen and oxygen atoms in total. The second-order valence-electron chi connectivity index (χ2n) is 29.9. The van der Waals surface area contributed by atoms with Gasteiger partial charge in [0.05, 0.1) is 72.7 Å². The van der Waals surface area contributed by atoms with Crippen molar-refractivity contribution >= 4 is 143 Å². The van der Waals surface area contributed by atoms with Crippen LogP contribution >= 0.6 is 0 Å². The molecule has 0 unspecified atom stereocenters. The Labute approximate surface area is 408 Å². The minimum atomic E-state index is -3.04. The summed E-state index contributed by atoms with van der Waals surface area (Å²) in [6.07, 6.45) is 0. The lowest BCUT2D eigenvalue weighted by atomic mass is 10.1. The fourth-order valence-corrected chi connectivity index (χ4v) is 46.4. The molecule has 10 heteroatoms. The first-order valence-corrected chi connectivity index (χ1v) is 58.7. The van der Waals surface area contributed by atoms with E-state index in [1.165, 1.54) is 0 Å². The molecule has 0 fully saturated rings. The molecule has 0 aromatic heterocycles. The number of hydrogen-bond donors (Lipinski definition) is 0. The van der Waals surface area contributed by atoms with Gasteiger partial charge in [-0.2, -0.15) is 0 Å². The largest absolute Gasteiger partial charge is 0.159 e. The SMILES string of the molecule is CC1=C(C)C([Si](c2cc([Si](C)(C)C)c([Si](C)(C)C)c([Si](C)(C)C)c2)(c2cc([Si](C)(C)C)c([Si](C)(C)C)c([Si](C)(C)C)c2)c2cc([Si](C)(C)C)c([Si](C)(C)C)c([Si](C)(C)C)c2)C(C)=C1C. The van der Waals surface area contributed by atoms with Crippen molar-refractivity contribution in [1.82, 2.24) is 0 Å². The Balaban J connectivity index is 2.76. The lowest BCUT2D eigenvalue weighted by molar-refractivity contribution is 1.09. The van der Waals surface area contributed by atoms with Gasteiger partial charge in [0.25, 0.3) is 0 Å². The summed E-state index contributed by atoms with van der Waals surface area (Å²) < 4.78 is 0. The van der Waals surface area contributed by atoms with Crippen molar-refractivity contribution in [3.8, 4) is 0 Å². The van der Waals surface area contributed by atoms with Crippen LogP contribution in [0.5, 0.6) is 0 Å². The predicted molar refractivity (Wildman–Crippen MR) is 331 cm³/mol. The normalized spacial score (nSPS) is 16.2. The molecule has 0 N–H and O–H groups in total. The molecule has 0 heterocycles. The van der Waals surface area contributed by atoms with Gasteiger partial charge >= 0.3 is 0 Å². The molecule has 0 bridgehead atoms. The topological polar surface area (TPSA) is 0 Å². The number of rotatable bonds is 13. The molecule has 0 amide bonds. The molecule has 0 atom stereocenters. The maximum Gasteiger partial charge on any atom is 0.159 e. The van der Waals surface area contributed by atoms with Crippen LogP contribution in [-0.2, 0) is 0 Å². The summed E-state index contributed by atoms with van der Waals surface area (Å²) >= 11 is 0. The average molecular weight is 1030 g/mol. The van der Waals surface area contributed by atoms with Crippen molar-refractivity contribution in [1.29, 1.82) is 0 Å². The van der Waals surface area contributed by atoms with E-state index >= 15 is 0 Å². The van der Waals surface area contributed by atoms with Gasteiger partial charge in [-0.25, -0.2) is 0 Å². The van der Waals surface area contributed by atoms with Gasteiger partial charge in [-0.15, -0.1) is 0 Å². The van der Waals surface area contributed by atoms with E-state index in [0.717, 1.165) is 0 Å². The zero-order valence-corrected chi connectivity index (χ0v) is 58.0. The lowest BCUT2D eigenvalue weighted by Gasteiger charge is -2.47. The van der Waals surface area contributed by atoms with Crippen LogP contribution in [0.3, 0.4) is 0 Å². The molecule has 4 rings (SSSR count). The maximum atomic E-state index is 2.98. The molecule has 0 saturated heterocycles. The summed E-state index contributed by atoms with van der Waals surface area (Å²) in [5.41, 5.74) is 6.77. The first-order chi connectivity index (χ1) is 28.1. The van der Waals surface area contributed by atoms with Gasteiger partial charge in [-0.1, -0.05) is 271 Å². The molecule has 64 heavy (non-hydrogen) atoms. The smallest absolute Gasteiger partial charge is 0.0656 e. The summed E-state index contributed by atoms with van der Waals surface area (Å²) in [4.78, 5) is 0. The van der Waals surface area contributed by atoms with E-state index < -0.39 is 80.7 Å². The molecule has 0 spiro atoms. The molecule has 0 radical (unpaired) electrons. The van der Waals surface area contributed by atoms with Gasteiger partial charge in [-0.05, 0) is 54.4 Å². The van der Waals surface area contributed by atoms with Gasteiger partial charge in [0, 0.05) is 5.54 Å². The Morgan fingerprint density at radius 3 is 0.531 bits per heavy atom. The van der Waals surface area contributed by atoms with Crippen LogP contribution in [0.1, 0.15) is 27.7 Å². The van der Waals surface area contributed by atoms with E-state index in [9.17, 15) is 0 Å². The van der Waals surface area contributed by atoms with Crippen molar-refractivity contribution in [2.75, 3.05) is 0 Å². The van der Waals surface area contributed by atoms with Gasteiger partial charge < -0.3 is 0 Å². The quantitative estimate of drug-likeness (QED) is 0.118. The van der Waals surface area contributed by atoms with Crippen LogP contribution < -0.4 is 62.2 Å². The number of benzene rings is 3. The van der Waals surface area contributed by atoms with Crippen molar-refractivity contribution < 1.29 is 0 Å². The number of allylic oxidation sites excluding steroid dienone is 4. The predicted octanol–water partition coefficient (Wildman–Crippen LogP) is 10.1. The first kappa shape index (κ1) is 55.9. The van der Waals surface area contributed by atoms with E-state index in [2.05, 4.69) is 241 Å². The minimum Gasteiger partial charge on any atom is -0.0656 e. The molecule has 0 aliphatic heterocycles. The lowest BCUT2D eigenvalue weighted by Crippen LogP contribution is -2.78. The molecule has 1 aliphatic carbocycles. The Morgan fingerprint density at radius 1 is 0.250 bits per heavy atom. The minimum absolute atomic E-state index is 0.359. The third-order valence-electron chi connectivity index (χ3n) is 14.9. The Bertz CT molecular complexity index is 2010. The van der Waals surface area contributed by atoms with Crippen molar-refractivity contribution in [3.63, 3.8) is 0 Å². The van der Waals surface area contributed by atoms with Crippen LogP contribution in [0, 0.1) is 0 Å². The summed E-state index contributed by atoms with van der Waals surface area (Å²) in [6.45, 7) is 82.3. The molecular formula is C54H100Si10. The Morgan fingerprint density at radius 2 is 0.406 bits per heavy atom. The van der Waals surface area contributed by atoms with E-state index in [1.807, 2.05) is 15.6 Å². The van der Waals surface area contributed by atoms with Crippen LogP contribution in [-0.4, -0.2) is 80.7 Å². The van der Waals surface area contributed by atoms with Gasteiger partial charge in [0.2, 0.25) is 0 Å². The highest BCUT2D eigenvalue weighted by Crippen LogP contribution is 2.46. The fraction of sp³-hybridized carbons (Fsp3) is 0.593. The van der Waals surface area contributed by atoms with Gasteiger partial charge in [-0.3, -0.25) is 0 Å². The average Bonchev–Trinajstić information content (AvgIpc) is 3.25. The number of hydrogen-bond acceptors (Lipinski definition) is 0. The van der Waals surface area contributed by atoms with Crippen LogP contribution in [0.15, 0.2) is 58.7 Å². The van der Waals surface area contributed by atoms with Crippen LogP contribution in [0.2, 0.25) is 182 Å². The van der Waals surface area contributed by atoms with Gasteiger partial charge in [0.1, 0.15) is 0 Å². The van der Waals surface area contributed by atoms with E-state index in [-0.39, 0.29) is 0 Å². The molecule has 356 valence electrons. The highest BCUT2D eigenvalue weighted by molar-refractivity contribution is 7.16. The van der Waals surface area contributed by atoms with Gasteiger partial charge in [0.15, 0.2) is 8.07 Å². The van der Waals surface area contributed by atoms with E-state index in [1.54, 1.807) is 69.0 Å². The highest BCUT2D eigenvalue weighted by atomic mass is 28.3. The molecule has 3 aromatic carbocycles. The first-order valence-electron chi connectivity index (χ1n) is 25.1. The highest BCUT2D eigenvalue weighted by Gasteiger charge is 2.54. The molecular weight excluding hydrogens is 929 g/mol. The zero-order valence-electron chi connectivity index (χ0n) is 48.0. The zero-order chi connectivity index (χ0) is 50.1. The van der Waals surface area contributed by atoms with Crippen molar-refractivity contribution in [3.05, 3.63) is 58.7 Å². The Kier molecular flexibility index (Phi) is 15.1. The second kappa shape index (κ2) is 17.3. The second-order valence-corrected chi connectivity index (χ2v) is 79.1. The summed E-state index contributed by atoms with van der Waals surface area (Å²) in [5, 5.41) is 21.4. The molecule has 1 aliphatic rings.